The summed E-state index contributed by atoms with van der Waals surface area (Å²) in [5.41, 5.74) is 0.722. The Bertz CT molecular complexity index is 1110. The first-order chi connectivity index (χ1) is 14.4. The van der Waals surface area contributed by atoms with Gasteiger partial charge in [-0.25, -0.2) is 4.98 Å². The number of aromatic nitrogens is 2. The molecular formula is C20H18ClF2N3O3S. The van der Waals surface area contributed by atoms with Crippen LogP contribution in [-0.4, -0.2) is 27.8 Å². The molecule has 0 aliphatic heterocycles. The lowest BCUT2D eigenvalue weighted by Gasteiger charge is -2.12. The van der Waals surface area contributed by atoms with Gasteiger partial charge in [0.25, 0.3) is 5.56 Å². The van der Waals surface area contributed by atoms with Crippen LogP contribution in [0, 0.1) is 0 Å². The first-order valence-corrected chi connectivity index (χ1v) is 10.4. The van der Waals surface area contributed by atoms with Crippen LogP contribution < -0.4 is 15.6 Å². The number of anilines is 1. The molecule has 0 radical (unpaired) electrons. The highest BCUT2D eigenvalue weighted by atomic mass is 35.5. The minimum absolute atomic E-state index is 0.0000175. The number of carbonyl (C=O) groups excluding carboxylic acids is 1. The van der Waals surface area contributed by atoms with E-state index in [-0.39, 0.29) is 23.0 Å². The summed E-state index contributed by atoms with van der Waals surface area (Å²) in [6, 6.07) is 10.5. The molecule has 0 bridgehead atoms. The standard InChI is InChI=1S/C20H18ClF2N3O3S/c1-2-9-26-18(28)15-8-3-12(21)10-16(15)25-20(26)30-11-17(27)24-13-4-6-14(7-5-13)29-19(22)23/h3-8,10,19H,2,9,11H2,1H3,(H,24,27). The van der Waals surface area contributed by atoms with Crippen LogP contribution in [0.1, 0.15) is 13.3 Å². The van der Waals surface area contributed by atoms with E-state index in [0.717, 1.165) is 18.2 Å². The minimum atomic E-state index is -2.91. The lowest BCUT2D eigenvalue weighted by Crippen LogP contribution is -2.24. The van der Waals surface area contributed by atoms with Crippen molar-refractivity contribution in [1.29, 1.82) is 0 Å². The van der Waals surface area contributed by atoms with Gasteiger partial charge in [-0.2, -0.15) is 8.78 Å². The maximum atomic E-state index is 12.8. The molecule has 2 aromatic carbocycles. The summed E-state index contributed by atoms with van der Waals surface area (Å²) >= 11 is 7.14. The van der Waals surface area contributed by atoms with Gasteiger partial charge in [0.1, 0.15) is 5.75 Å². The summed E-state index contributed by atoms with van der Waals surface area (Å²) in [6.45, 7) is -0.493. The third-order valence-corrected chi connectivity index (χ3v) is 5.24. The van der Waals surface area contributed by atoms with Gasteiger partial charge in [0.05, 0.1) is 16.7 Å². The number of thioether (sulfide) groups is 1. The van der Waals surface area contributed by atoms with E-state index < -0.39 is 6.61 Å². The van der Waals surface area contributed by atoms with Crippen LogP contribution >= 0.6 is 23.4 Å². The van der Waals surface area contributed by atoms with Crippen molar-refractivity contribution in [3.63, 3.8) is 0 Å². The van der Waals surface area contributed by atoms with Crippen molar-refractivity contribution < 1.29 is 18.3 Å². The van der Waals surface area contributed by atoms with Crippen LogP contribution in [-0.2, 0) is 11.3 Å². The fraction of sp³-hybridized carbons (Fsp3) is 0.250. The number of fused-ring (bicyclic) bond motifs is 1. The molecule has 0 saturated carbocycles. The molecule has 158 valence electrons. The zero-order valence-corrected chi connectivity index (χ0v) is 17.5. The molecule has 0 atom stereocenters. The van der Waals surface area contributed by atoms with Crippen molar-refractivity contribution in [2.45, 2.75) is 31.7 Å². The molecule has 10 heteroatoms. The number of hydrogen-bond donors (Lipinski definition) is 1. The first kappa shape index (κ1) is 22.0. The Morgan fingerprint density at radius 3 is 2.67 bits per heavy atom. The Labute approximate surface area is 180 Å². The highest BCUT2D eigenvalue weighted by Crippen LogP contribution is 2.22. The molecule has 0 spiro atoms. The Hall–Kier alpha value is -2.65. The predicted molar refractivity (Wildman–Crippen MR) is 114 cm³/mol. The molecule has 6 nitrogen and oxygen atoms in total. The van der Waals surface area contributed by atoms with E-state index in [1.807, 2.05) is 6.92 Å². The van der Waals surface area contributed by atoms with Crippen LogP contribution in [0.25, 0.3) is 10.9 Å². The van der Waals surface area contributed by atoms with Gasteiger partial charge in [0, 0.05) is 17.3 Å². The Balaban J connectivity index is 1.73. The van der Waals surface area contributed by atoms with E-state index in [1.54, 1.807) is 22.8 Å². The molecule has 30 heavy (non-hydrogen) atoms. The monoisotopic (exact) mass is 453 g/mol. The maximum absolute atomic E-state index is 12.8. The van der Waals surface area contributed by atoms with Crippen molar-refractivity contribution in [3.8, 4) is 5.75 Å². The summed E-state index contributed by atoms with van der Waals surface area (Å²) in [6.07, 6.45) is 0.730. The van der Waals surface area contributed by atoms with E-state index >= 15 is 0 Å². The number of nitrogens with zero attached hydrogens (tertiary/aromatic N) is 2. The van der Waals surface area contributed by atoms with Gasteiger partial charge in [-0.1, -0.05) is 30.3 Å². The summed E-state index contributed by atoms with van der Waals surface area (Å²) in [5, 5.41) is 4.02. The molecule has 0 aliphatic rings. The second-order valence-corrected chi connectivity index (χ2v) is 7.63. The third-order valence-electron chi connectivity index (χ3n) is 4.03. The van der Waals surface area contributed by atoms with E-state index in [1.165, 1.54) is 24.3 Å². The van der Waals surface area contributed by atoms with E-state index in [2.05, 4.69) is 15.0 Å². The Kier molecular flexibility index (Phi) is 7.28. The highest BCUT2D eigenvalue weighted by Gasteiger charge is 2.14. The topological polar surface area (TPSA) is 73.2 Å². The van der Waals surface area contributed by atoms with Crippen molar-refractivity contribution in [3.05, 3.63) is 57.8 Å². The average molecular weight is 454 g/mol. The van der Waals surface area contributed by atoms with Crippen LogP contribution in [0.5, 0.6) is 5.75 Å². The average Bonchev–Trinajstić information content (AvgIpc) is 2.70. The van der Waals surface area contributed by atoms with E-state index in [9.17, 15) is 18.4 Å². The molecule has 0 unspecified atom stereocenters. The van der Waals surface area contributed by atoms with Crippen LogP contribution in [0.4, 0.5) is 14.5 Å². The predicted octanol–water partition coefficient (Wildman–Crippen LogP) is 4.79. The number of hydrogen-bond acceptors (Lipinski definition) is 5. The number of ether oxygens (including phenoxy) is 1. The van der Waals surface area contributed by atoms with Crippen LogP contribution in [0.3, 0.4) is 0 Å². The van der Waals surface area contributed by atoms with Gasteiger partial charge in [0.15, 0.2) is 5.16 Å². The quantitative estimate of drug-likeness (QED) is 0.392. The molecule has 0 aliphatic carbocycles. The number of halogens is 3. The molecule has 3 aromatic rings. The zero-order chi connectivity index (χ0) is 21.7. The Morgan fingerprint density at radius 2 is 2.00 bits per heavy atom. The van der Waals surface area contributed by atoms with Crippen molar-refractivity contribution in [2.24, 2.45) is 0 Å². The second kappa shape index (κ2) is 9.90. The maximum Gasteiger partial charge on any atom is 0.387 e. The molecule has 1 amide bonds. The molecule has 0 saturated heterocycles. The largest absolute Gasteiger partial charge is 0.435 e. The lowest BCUT2D eigenvalue weighted by molar-refractivity contribution is -0.113. The zero-order valence-electron chi connectivity index (χ0n) is 15.9. The van der Waals surface area contributed by atoms with Crippen LogP contribution in [0.2, 0.25) is 5.02 Å². The molecule has 1 heterocycles. The highest BCUT2D eigenvalue weighted by molar-refractivity contribution is 7.99. The smallest absolute Gasteiger partial charge is 0.387 e. The summed E-state index contributed by atoms with van der Waals surface area (Å²) in [4.78, 5) is 29.6. The normalized spacial score (nSPS) is 11.1. The summed E-state index contributed by atoms with van der Waals surface area (Å²) < 4.78 is 30.2. The van der Waals surface area contributed by atoms with Crippen molar-refractivity contribution in [1.82, 2.24) is 9.55 Å². The number of nitrogens with one attached hydrogen (secondary N) is 1. The van der Waals surface area contributed by atoms with E-state index in [4.69, 9.17) is 11.6 Å². The van der Waals surface area contributed by atoms with Gasteiger partial charge in [0.2, 0.25) is 5.91 Å². The fourth-order valence-electron chi connectivity index (χ4n) is 2.75. The molecule has 1 aromatic heterocycles. The van der Waals surface area contributed by atoms with Crippen molar-refractivity contribution >= 4 is 45.9 Å². The number of carbonyl (C=O) groups is 1. The van der Waals surface area contributed by atoms with Gasteiger partial charge in [-0.15, -0.1) is 0 Å². The molecular weight excluding hydrogens is 436 g/mol. The molecule has 0 fully saturated rings. The summed E-state index contributed by atoms with van der Waals surface area (Å²) in [7, 11) is 0. The number of rotatable bonds is 8. The van der Waals surface area contributed by atoms with Crippen molar-refractivity contribution in [2.75, 3.05) is 11.1 Å². The fourth-order valence-corrected chi connectivity index (χ4v) is 3.74. The van der Waals surface area contributed by atoms with E-state index in [0.29, 0.717) is 33.3 Å². The number of benzene rings is 2. The molecule has 3 rings (SSSR count). The lowest BCUT2D eigenvalue weighted by atomic mass is 10.2. The molecule has 1 N–H and O–H groups in total. The van der Waals surface area contributed by atoms with Gasteiger partial charge in [-0.3, -0.25) is 14.2 Å². The third kappa shape index (κ3) is 5.48. The van der Waals surface area contributed by atoms with Gasteiger partial charge in [-0.05, 0) is 48.9 Å². The number of alkyl halides is 2. The first-order valence-electron chi connectivity index (χ1n) is 9.05. The second-order valence-electron chi connectivity index (χ2n) is 6.25. The minimum Gasteiger partial charge on any atom is -0.435 e. The van der Waals surface area contributed by atoms with Crippen LogP contribution in [0.15, 0.2) is 52.4 Å². The Morgan fingerprint density at radius 1 is 1.27 bits per heavy atom. The number of amides is 1. The SMILES string of the molecule is CCCn1c(SCC(=O)Nc2ccc(OC(F)F)cc2)nc2cc(Cl)ccc2c1=O. The van der Waals surface area contributed by atoms with Gasteiger partial charge < -0.3 is 10.1 Å². The van der Waals surface area contributed by atoms with Gasteiger partial charge >= 0.3 is 6.61 Å². The summed E-state index contributed by atoms with van der Waals surface area (Å²) in [5.74, 6) is -0.316.